The number of anilines is 2. The predicted molar refractivity (Wildman–Crippen MR) is 569 cm³/mol. The van der Waals surface area contributed by atoms with Gasteiger partial charge in [0.15, 0.2) is 12.6 Å². The number of benzene rings is 12. The van der Waals surface area contributed by atoms with Crippen LogP contribution in [-0.4, -0.2) is 256 Å². The molecule has 12 rings (SSSR count). The van der Waals surface area contributed by atoms with Crippen LogP contribution < -0.4 is 40.6 Å². The third-order valence-corrected chi connectivity index (χ3v) is 28.9. The SMILES string of the molecule is Cc1ccc(S(=O)(=O)c2ccccc2C(=O)Cl)cc1.Cc1ccc(S(=O)(=O)c2ccccc2C(=O)Nc2ccc(Cl)cc2F)cc1.Cc1ccc(S(=O)(=O)c2ccccc2C=O)cc1.Cc1ccc(S(=O)(=O)c2ccccc2CO)cc1.Cc1ccc(S(=O)[O-])cc1.Nc1ccc(Cl)cc1F.O=Cc1ccccc1F.[B]B([B])B(B([B])[B])B(B([B])[B])B(B(B([B])[B])B([B])[B])B(B([B])[B])B([B])[B].[Na+]. The molecular formula is C82H69B26Cl3F3N2NaO15S5. The standard InChI is InChI=1S/C20H15ClFNO3S.C14H11ClO3S.C14H14O3S.C14H12O3S.C7H5FO.C7H8O2S.C6H5ClFN.B26.Na/c1-13-6-9-15(10-7-13)27(25,26)19-5-3-2-4-16(19)20(24)23-18-11-8-14(21)12-17(18)22;1-10-6-8-11(9-7-10)19(17,18)13-5-3-2-4-12(13)14(15)16;2*1-11-6-8-13(9-7-11)18(16,17)14-5-3-2-4-12(14)10-15;8-7-4-2-1-3-6(7)5-9;1-6-2-4-7(5-3-6)10(8)9;7-4-1-2-6(9)5(8)3-4;1-15(2)22(16(3)4)25(21(13)14)26(23(17(5)6)18(7)8)24(19(9)10)20(11)12;/h2-12H,1H3,(H,23,24);2-9H,1H3;2-9,15H,10H2,1H3;2-10H,1H3;1-5H;2-5H,1H3,(H,8,9);1-3H,9H2;;/q;;;;;;;;+1/p-1. The van der Waals surface area contributed by atoms with E-state index >= 15 is 0 Å². The second-order valence-electron chi connectivity index (χ2n) is 30.3. The molecule has 0 aliphatic rings. The predicted octanol–water partition coefficient (Wildman–Crippen LogP) is 5.08. The van der Waals surface area contributed by atoms with Gasteiger partial charge < -0.3 is 20.7 Å². The van der Waals surface area contributed by atoms with Gasteiger partial charge in [-0.3, -0.25) is 23.4 Å². The first-order valence-electron chi connectivity index (χ1n) is 40.6. The largest absolute Gasteiger partial charge is 1.00 e. The molecule has 55 heteroatoms. The number of nitrogens with two attached hydrogens (primary N) is 1. The van der Waals surface area contributed by atoms with Gasteiger partial charge in [-0.1, -0.05) is 184 Å². The van der Waals surface area contributed by atoms with Crippen LogP contribution in [-0.2, 0) is 57.0 Å². The maximum atomic E-state index is 13.9. The van der Waals surface area contributed by atoms with Crippen LogP contribution in [0.25, 0.3) is 0 Å². The molecule has 137 heavy (non-hydrogen) atoms. The first-order valence-corrected chi connectivity index (χ1v) is 48.7. The average molecular weight is 1950 g/mol. The molecule has 1 unspecified atom stereocenters. The molecule has 28 radical (unpaired) electrons. The number of aliphatic hydroxyl groups is 1. The molecule has 0 fully saturated rings. The Morgan fingerprint density at radius 1 is 0.387 bits per heavy atom. The zero-order valence-corrected chi connectivity index (χ0v) is 83.3. The summed E-state index contributed by atoms with van der Waals surface area (Å²) in [6.07, 6.45) is -9.81. The minimum atomic E-state index is -3.92. The third-order valence-electron chi connectivity index (χ3n) is 20.2. The number of nitrogens with one attached hydrogen (secondary N) is 1. The fourth-order valence-electron chi connectivity index (χ4n) is 13.2. The maximum Gasteiger partial charge on any atom is 1.00 e. The molecule has 1 atom stereocenters. The van der Waals surface area contributed by atoms with E-state index in [0.717, 1.165) is 33.9 Å². The Morgan fingerprint density at radius 2 is 0.686 bits per heavy atom. The van der Waals surface area contributed by atoms with Crippen LogP contribution in [0.15, 0.2) is 323 Å². The van der Waals surface area contributed by atoms with Crippen LogP contribution in [0.3, 0.4) is 0 Å². The number of nitrogen functional groups attached to an aromatic ring is 1. The number of aryl methyl sites for hydroxylation is 5. The Kier molecular flexibility index (Phi) is 51.3. The fraction of sp³-hybridized carbons (Fsp3) is 0.0732. The quantitative estimate of drug-likeness (QED) is 0.0209. The van der Waals surface area contributed by atoms with E-state index in [9.17, 15) is 79.9 Å². The molecule has 12 aromatic rings. The summed E-state index contributed by atoms with van der Waals surface area (Å²) < 4.78 is 160. The summed E-state index contributed by atoms with van der Waals surface area (Å²) in [6.45, 7) is 9.12. The van der Waals surface area contributed by atoms with Crippen LogP contribution in [0.2, 0.25) is 10.0 Å². The van der Waals surface area contributed by atoms with Crippen LogP contribution in [0, 0.1) is 52.1 Å². The minimum Gasteiger partial charge on any atom is -0.768 e. The number of hydrogen-bond donors (Lipinski definition) is 3. The summed E-state index contributed by atoms with van der Waals surface area (Å²) in [6, 6.07) is 70.9. The molecule has 1 amide bonds. The van der Waals surface area contributed by atoms with Gasteiger partial charge in [0.2, 0.25) is 39.3 Å². The van der Waals surface area contributed by atoms with Gasteiger partial charge in [0, 0.05) is 205 Å². The van der Waals surface area contributed by atoms with Gasteiger partial charge in [0.05, 0.1) is 73.8 Å². The second kappa shape index (κ2) is 57.9. The van der Waals surface area contributed by atoms with Crippen molar-refractivity contribution in [1.29, 1.82) is 0 Å². The van der Waals surface area contributed by atoms with E-state index in [4.69, 9.17) is 149 Å². The Labute approximate surface area is 864 Å². The van der Waals surface area contributed by atoms with E-state index < -0.39 is 156 Å². The van der Waals surface area contributed by atoms with Crippen molar-refractivity contribution in [2.24, 2.45) is 0 Å². The van der Waals surface area contributed by atoms with Crippen molar-refractivity contribution in [1.82, 2.24) is 0 Å². The molecule has 12 aromatic carbocycles. The van der Waals surface area contributed by atoms with Crippen LogP contribution >= 0.6 is 34.8 Å². The Hall–Kier alpha value is -7.86. The number of carbonyl (C=O) groups is 4. The van der Waals surface area contributed by atoms with Crippen molar-refractivity contribution < 1.29 is 109 Å². The number of amides is 1. The second-order valence-corrected chi connectivity index (χ2v) is 40.1. The molecular weight excluding hydrogens is 1880 g/mol. The first kappa shape index (κ1) is 121. The Bertz CT molecular complexity index is 6480. The summed E-state index contributed by atoms with van der Waals surface area (Å²) >= 11 is 14.5. The van der Waals surface area contributed by atoms with Crippen LogP contribution in [0.4, 0.5) is 24.5 Å². The van der Waals surface area contributed by atoms with Gasteiger partial charge in [0.1, 0.15) is 17.5 Å². The minimum absolute atomic E-state index is 0. The molecule has 0 saturated heterocycles. The van der Waals surface area contributed by atoms with E-state index in [1.54, 1.807) is 164 Å². The topological polar surface area (TPSA) is 303 Å². The Morgan fingerprint density at radius 3 is 1.02 bits per heavy atom. The normalized spacial score (nSPS) is 10.7. The number of hydrogen-bond acceptors (Lipinski definition) is 16. The van der Waals surface area contributed by atoms with E-state index in [1.807, 2.05) is 34.6 Å². The van der Waals surface area contributed by atoms with Crippen molar-refractivity contribution in [3.05, 3.63) is 362 Å². The van der Waals surface area contributed by atoms with E-state index in [0.29, 0.717) is 28.1 Å². The molecule has 17 nitrogen and oxygen atoms in total. The van der Waals surface area contributed by atoms with E-state index in [1.165, 1.54) is 109 Å². The number of sulfone groups is 4. The first-order chi connectivity index (χ1) is 63.8. The van der Waals surface area contributed by atoms with Crippen molar-refractivity contribution in [2.75, 3.05) is 11.1 Å². The van der Waals surface area contributed by atoms with Gasteiger partial charge in [-0.25, -0.2) is 46.8 Å². The molecule has 648 valence electrons. The van der Waals surface area contributed by atoms with Crippen molar-refractivity contribution in [3.63, 3.8) is 0 Å². The van der Waals surface area contributed by atoms with Crippen molar-refractivity contribution >= 4 is 305 Å². The van der Waals surface area contributed by atoms with Gasteiger partial charge in [0.25, 0.3) is 11.1 Å². The molecule has 0 heterocycles. The smallest absolute Gasteiger partial charge is 0.768 e. The van der Waals surface area contributed by atoms with Crippen LogP contribution in [0.1, 0.15) is 74.8 Å². The molecule has 0 aliphatic carbocycles. The zero-order valence-electron chi connectivity index (χ0n) is 75.0. The summed E-state index contributed by atoms with van der Waals surface area (Å²) in [5.41, 5.74) is 10.7. The fourth-order valence-corrected chi connectivity index (χ4v) is 19.9. The maximum absolute atomic E-state index is 13.9. The van der Waals surface area contributed by atoms with Gasteiger partial charge in [-0.05, 0) is 208 Å². The zero-order chi connectivity index (χ0) is 102. The number of aldehydes is 2. The summed E-state index contributed by atoms with van der Waals surface area (Å²) in [5, 5.41) is 11.4. The monoisotopic (exact) mass is 1950 g/mol. The van der Waals surface area contributed by atoms with Gasteiger partial charge in [-0.2, -0.15) is 0 Å². The Balaban J connectivity index is 0.000000335. The van der Waals surface area contributed by atoms with E-state index in [-0.39, 0.29) is 114 Å². The molecule has 0 bridgehead atoms. The summed E-state index contributed by atoms with van der Waals surface area (Å²) in [7, 11) is 68.0. The van der Waals surface area contributed by atoms with Crippen molar-refractivity contribution in [2.45, 2.75) is 85.3 Å². The molecule has 0 aliphatic heterocycles. The van der Waals surface area contributed by atoms with Crippen molar-refractivity contribution in [3.8, 4) is 0 Å². The molecule has 0 aromatic heterocycles. The number of aliphatic hydroxyl groups excluding tert-OH is 1. The third kappa shape index (κ3) is 36.3. The average Bonchev–Trinajstić information content (AvgIpc) is 0.769. The molecule has 0 spiro atoms. The molecule has 4 N–H and O–H groups in total. The summed E-state index contributed by atoms with van der Waals surface area (Å²) in [5.74, 6) is -2.38. The summed E-state index contributed by atoms with van der Waals surface area (Å²) in [4.78, 5) is 45.8. The molecule has 0 saturated carbocycles. The van der Waals surface area contributed by atoms with Gasteiger partial charge >= 0.3 is 29.6 Å². The number of carbonyl (C=O) groups excluding carboxylic acids is 4. The van der Waals surface area contributed by atoms with E-state index in [2.05, 4.69) is 5.32 Å². The number of halogens is 6. The number of rotatable bonds is 26. The van der Waals surface area contributed by atoms with Crippen LogP contribution in [0.5, 0.6) is 0 Å². The van der Waals surface area contributed by atoms with Gasteiger partial charge in [-0.15, -0.1) is 0 Å².